The summed E-state index contributed by atoms with van der Waals surface area (Å²) in [6.07, 6.45) is 10.5. The van der Waals surface area contributed by atoms with E-state index in [1.807, 2.05) is 18.7 Å². The van der Waals surface area contributed by atoms with Crippen LogP contribution in [-0.2, 0) is 9.53 Å². The van der Waals surface area contributed by atoms with Crippen LogP contribution in [0, 0.1) is 0 Å². The fraction of sp³-hybridized carbons (Fsp3) is 0.889. The smallest absolute Gasteiger partial charge is 0.259 e. The largest absolute Gasteiger partial charge is 0.460 e. The van der Waals surface area contributed by atoms with Crippen LogP contribution in [0.25, 0.3) is 0 Å². The third kappa shape index (κ3) is 10.1. The van der Waals surface area contributed by atoms with Crippen molar-refractivity contribution in [2.45, 2.75) is 91.6 Å². The van der Waals surface area contributed by atoms with E-state index in [-0.39, 0.29) is 11.9 Å². The van der Waals surface area contributed by atoms with E-state index in [0.29, 0.717) is 5.17 Å². The highest BCUT2D eigenvalue weighted by Crippen LogP contribution is 2.13. The molecule has 0 N–H and O–H groups in total. The van der Waals surface area contributed by atoms with Crippen molar-refractivity contribution >= 4 is 23.2 Å². The number of unbranched alkanes of at least 4 members (excludes halogenated alkanes) is 7. The van der Waals surface area contributed by atoms with E-state index >= 15 is 0 Å². The number of rotatable bonds is 13. The first-order valence-corrected chi connectivity index (χ1v) is 9.43. The molecule has 0 aromatic rings. The van der Waals surface area contributed by atoms with Gasteiger partial charge in [-0.05, 0) is 45.8 Å². The topological polar surface area (TPSA) is 29.5 Å². The van der Waals surface area contributed by atoms with E-state index in [0.717, 1.165) is 25.9 Å². The van der Waals surface area contributed by atoms with Gasteiger partial charge in [0.15, 0.2) is 11.9 Å². The van der Waals surface area contributed by atoms with Gasteiger partial charge in [0.1, 0.15) is 0 Å². The van der Waals surface area contributed by atoms with Crippen molar-refractivity contribution in [2.75, 3.05) is 13.1 Å². The summed E-state index contributed by atoms with van der Waals surface area (Å²) in [6.45, 7) is 9.56. The van der Waals surface area contributed by atoms with Crippen molar-refractivity contribution in [3.63, 3.8) is 0 Å². The Kier molecular flexibility index (Phi) is 13.6. The summed E-state index contributed by atoms with van der Waals surface area (Å²) in [5.74, 6) is 0.0810. The first-order chi connectivity index (χ1) is 10.6. The number of carbonyl (C=O) groups is 1. The monoisotopic (exact) mass is 329 g/mol. The maximum absolute atomic E-state index is 11.7. The Morgan fingerprint density at radius 2 is 1.45 bits per heavy atom. The molecule has 0 bridgehead atoms. The Morgan fingerprint density at radius 1 is 0.955 bits per heavy atom. The van der Waals surface area contributed by atoms with Crippen molar-refractivity contribution in [3.05, 3.63) is 0 Å². The van der Waals surface area contributed by atoms with Crippen LogP contribution >= 0.6 is 12.2 Å². The molecule has 1 unspecified atom stereocenters. The molecule has 0 saturated heterocycles. The lowest BCUT2D eigenvalue weighted by Gasteiger charge is -2.25. The predicted octanol–water partition coefficient (Wildman–Crippen LogP) is 5.12. The lowest BCUT2D eigenvalue weighted by Crippen LogP contribution is -2.36. The second-order valence-corrected chi connectivity index (χ2v) is 6.27. The van der Waals surface area contributed by atoms with Gasteiger partial charge in [0.25, 0.3) is 5.17 Å². The van der Waals surface area contributed by atoms with Gasteiger partial charge in [0.2, 0.25) is 0 Å². The molecule has 3 nitrogen and oxygen atoms in total. The molecule has 4 heteroatoms. The molecule has 22 heavy (non-hydrogen) atoms. The molecule has 0 aromatic carbocycles. The summed E-state index contributed by atoms with van der Waals surface area (Å²) in [4.78, 5) is 13.7. The van der Waals surface area contributed by atoms with Crippen LogP contribution < -0.4 is 0 Å². The minimum absolute atomic E-state index is 0.0810. The van der Waals surface area contributed by atoms with Crippen molar-refractivity contribution in [2.24, 2.45) is 0 Å². The summed E-state index contributed by atoms with van der Waals surface area (Å²) in [5, 5.41) is 0.463. The van der Waals surface area contributed by atoms with E-state index in [2.05, 4.69) is 6.92 Å². The maximum atomic E-state index is 11.7. The Morgan fingerprint density at radius 3 is 1.91 bits per heavy atom. The van der Waals surface area contributed by atoms with Crippen LogP contribution in [0.15, 0.2) is 0 Å². The zero-order chi connectivity index (χ0) is 16.8. The number of ketones is 1. The van der Waals surface area contributed by atoms with Gasteiger partial charge < -0.3 is 9.64 Å². The van der Waals surface area contributed by atoms with Crippen molar-refractivity contribution in [1.29, 1.82) is 0 Å². The molecular weight excluding hydrogens is 294 g/mol. The van der Waals surface area contributed by atoms with Crippen LogP contribution in [0.3, 0.4) is 0 Å². The molecule has 1 atom stereocenters. The molecule has 0 aromatic heterocycles. The highest BCUT2D eigenvalue weighted by Gasteiger charge is 2.19. The summed E-state index contributed by atoms with van der Waals surface area (Å²) >= 11 is 5.28. The number of nitrogens with zero attached hydrogens (tertiary/aromatic N) is 1. The molecule has 0 spiro atoms. The summed E-state index contributed by atoms with van der Waals surface area (Å²) < 4.78 is 5.72. The molecule has 0 aliphatic heterocycles. The van der Waals surface area contributed by atoms with Gasteiger partial charge in [-0.25, -0.2) is 0 Å². The SMILES string of the molecule is CCCCCCCCCCC(OC(=S)N(CC)CC)C(C)=O. The summed E-state index contributed by atoms with van der Waals surface area (Å²) in [7, 11) is 0. The molecule has 0 heterocycles. The average Bonchev–Trinajstić information content (AvgIpc) is 2.49. The lowest BCUT2D eigenvalue weighted by molar-refractivity contribution is -0.124. The predicted molar refractivity (Wildman–Crippen MR) is 98.3 cm³/mol. The first kappa shape index (κ1) is 21.4. The first-order valence-electron chi connectivity index (χ1n) is 9.02. The van der Waals surface area contributed by atoms with Crippen molar-refractivity contribution < 1.29 is 9.53 Å². The number of Topliss-reactive ketones (excluding diaryl/α,β-unsaturated/α-hetero) is 1. The highest BCUT2D eigenvalue weighted by atomic mass is 32.1. The van der Waals surface area contributed by atoms with Gasteiger partial charge in [-0.3, -0.25) is 4.79 Å². The number of thiocarbonyl (C=S) groups is 1. The van der Waals surface area contributed by atoms with Crippen LogP contribution in [0.1, 0.15) is 85.5 Å². The van der Waals surface area contributed by atoms with E-state index in [9.17, 15) is 4.79 Å². The highest BCUT2D eigenvalue weighted by molar-refractivity contribution is 7.80. The zero-order valence-corrected chi connectivity index (χ0v) is 15.8. The number of ether oxygens (including phenoxy) is 1. The van der Waals surface area contributed by atoms with Gasteiger partial charge in [-0.15, -0.1) is 0 Å². The fourth-order valence-corrected chi connectivity index (χ4v) is 2.86. The van der Waals surface area contributed by atoms with Gasteiger partial charge in [-0.2, -0.15) is 0 Å². The van der Waals surface area contributed by atoms with Gasteiger partial charge in [0, 0.05) is 13.1 Å². The molecule has 0 rings (SSSR count). The minimum atomic E-state index is -0.367. The Bertz CT molecular complexity index is 303. The summed E-state index contributed by atoms with van der Waals surface area (Å²) in [5.41, 5.74) is 0. The molecule has 0 amide bonds. The van der Waals surface area contributed by atoms with Crippen LogP contribution in [0.2, 0.25) is 0 Å². The molecule has 0 aliphatic carbocycles. The van der Waals surface area contributed by atoms with E-state index in [1.54, 1.807) is 6.92 Å². The molecule has 0 saturated carbocycles. The van der Waals surface area contributed by atoms with Crippen LogP contribution in [0.4, 0.5) is 0 Å². The molecule has 0 fully saturated rings. The van der Waals surface area contributed by atoms with Gasteiger partial charge in [-0.1, -0.05) is 51.9 Å². The van der Waals surface area contributed by atoms with Crippen LogP contribution in [-0.4, -0.2) is 35.1 Å². The second-order valence-electron chi connectivity index (χ2n) is 5.92. The van der Waals surface area contributed by atoms with Gasteiger partial charge in [0.05, 0.1) is 0 Å². The Balaban J connectivity index is 3.91. The third-order valence-electron chi connectivity index (χ3n) is 4.04. The number of carbonyl (C=O) groups excluding carboxylic acids is 1. The third-order valence-corrected chi connectivity index (χ3v) is 4.39. The lowest BCUT2D eigenvalue weighted by atomic mass is 10.0. The molecule has 0 aliphatic rings. The molecule has 0 radical (unpaired) electrons. The maximum Gasteiger partial charge on any atom is 0.259 e. The van der Waals surface area contributed by atoms with E-state index in [4.69, 9.17) is 17.0 Å². The Labute approximate surface area is 142 Å². The van der Waals surface area contributed by atoms with Crippen LogP contribution in [0.5, 0.6) is 0 Å². The molecular formula is C18H35NO2S. The van der Waals surface area contributed by atoms with E-state index < -0.39 is 0 Å². The average molecular weight is 330 g/mol. The van der Waals surface area contributed by atoms with Crippen molar-refractivity contribution in [3.8, 4) is 0 Å². The molecule has 130 valence electrons. The number of hydrogen-bond acceptors (Lipinski definition) is 3. The zero-order valence-electron chi connectivity index (χ0n) is 15.0. The second kappa shape index (κ2) is 14.0. The Hall–Kier alpha value is -0.640. The van der Waals surface area contributed by atoms with E-state index in [1.165, 1.54) is 44.9 Å². The van der Waals surface area contributed by atoms with Crippen molar-refractivity contribution in [1.82, 2.24) is 4.90 Å². The summed E-state index contributed by atoms with van der Waals surface area (Å²) in [6, 6.07) is 0. The minimum Gasteiger partial charge on any atom is -0.460 e. The quantitative estimate of drug-likeness (QED) is 0.346. The fourth-order valence-electron chi connectivity index (χ4n) is 2.49. The van der Waals surface area contributed by atoms with Gasteiger partial charge >= 0.3 is 0 Å². The normalized spacial score (nSPS) is 12.0. The number of hydrogen-bond donors (Lipinski definition) is 0. The standard InChI is InChI=1S/C18H35NO2S/c1-5-8-9-10-11-12-13-14-15-17(16(4)20)21-18(22)19(6-2)7-3/h17H,5-15H2,1-4H3.